The summed E-state index contributed by atoms with van der Waals surface area (Å²) in [5.74, 6) is 0.0689. The van der Waals surface area contributed by atoms with Crippen LogP contribution in [0.1, 0.15) is 50.3 Å². The van der Waals surface area contributed by atoms with Crippen molar-refractivity contribution in [3.8, 4) is 0 Å². The van der Waals surface area contributed by atoms with Crippen LogP contribution in [0.15, 0.2) is 41.7 Å². The standard InChI is InChI=1S/C23H34N4O2S/c1-2-30(28,29)23-24-17-22(27(23)18-20-9-5-3-6-10-20)19-25-15-11-21(12-16-25)26-13-7-4-8-14-26/h3,5-6,9-10,17,21H,2,4,7-8,11-16,18-19H2,1H3. The molecule has 2 aromatic rings. The molecule has 0 N–H and O–H groups in total. The third-order valence-electron chi connectivity index (χ3n) is 6.59. The van der Waals surface area contributed by atoms with Crippen LogP contribution in [0.3, 0.4) is 0 Å². The molecule has 3 heterocycles. The minimum atomic E-state index is -3.37. The van der Waals surface area contributed by atoms with E-state index in [1.165, 1.54) is 45.2 Å². The zero-order valence-corrected chi connectivity index (χ0v) is 18.9. The van der Waals surface area contributed by atoms with E-state index in [1.807, 2.05) is 34.9 Å². The average Bonchev–Trinajstić information content (AvgIpc) is 3.18. The summed E-state index contributed by atoms with van der Waals surface area (Å²) in [5, 5.41) is 0.201. The van der Waals surface area contributed by atoms with Gasteiger partial charge in [0.15, 0.2) is 0 Å². The molecule has 2 aliphatic heterocycles. The van der Waals surface area contributed by atoms with Crippen molar-refractivity contribution in [3.05, 3.63) is 47.8 Å². The lowest BCUT2D eigenvalue weighted by atomic mass is 10.00. The highest BCUT2D eigenvalue weighted by Gasteiger charge is 2.27. The van der Waals surface area contributed by atoms with Crippen molar-refractivity contribution in [1.29, 1.82) is 0 Å². The van der Waals surface area contributed by atoms with E-state index in [0.717, 1.165) is 30.9 Å². The maximum absolute atomic E-state index is 12.6. The molecule has 30 heavy (non-hydrogen) atoms. The van der Waals surface area contributed by atoms with Gasteiger partial charge in [-0.25, -0.2) is 13.4 Å². The fourth-order valence-corrected chi connectivity index (χ4v) is 5.77. The number of hydrogen-bond acceptors (Lipinski definition) is 5. The van der Waals surface area contributed by atoms with Crippen LogP contribution < -0.4 is 0 Å². The van der Waals surface area contributed by atoms with Gasteiger partial charge in [0.2, 0.25) is 15.0 Å². The van der Waals surface area contributed by atoms with E-state index in [2.05, 4.69) is 14.8 Å². The van der Waals surface area contributed by atoms with Crippen molar-refractivity contribution in [2.75, 3.05) is 31.9 Å². The fraction of sp³-hybridized carbons (Fsp3) is 0.609. The number of nitrogens with zero attached hydrogens (tertiary/aromatic N) is 4. The van der Waals surface area contributed by atoms with Gasteiger partial charge >= 0.3 is 0 Å². The van der Waals surface area contributed by atoms with Crippen LogP contribution in [0.25, 0.3) is 0 Å². The van der Waals surface area contributed by atoms with Gasteiger partial charge in [0.05, 0.1) is 24.2 Å². The maximum Gasteiger partial charge on any atom is 0.228 e. The molecular weight excluding hydrogens is 396 g/mol. The molecule has 0 radical (unpaired) electrons. The molecular formula is C23H34N4O2S. The minimum absolute atomic E-state index is 0.0689. The first-order valence-corrected chi connectivity index (χ1v) is 13.0. The summed E-state index contributed by atoms with van der Waals surface area (Å²) >= 11 is 0. The highest BCUT2D eigenvalue weighted by atomic mass is 32.2. The number of benzene rings is 1. The third-order valence-corrected chi connectivity index (χ3v) is 8.24. The van der Waals surface area contributed by atoms with Gasteiger partial charge in [-0.05, 0) is 44.3 Å². The van der Waals surface area contributed by atoms with Gasteiger partial charge in [-0.1, -0.05) is 43.7 Å². The second-order valence-corrected chi connectivity index (χ2v) is 10.8. The molecule has 0 spiro atoms. The van der Waals surface area contributed by atoms with E-state index in [1.54, 1.807) is 13.1 Å². The van der Waals surface area contributed by atoms with E-state index in [-0.39, 0.29) is 10.9 Å². The Labute approximate surface area is 180 Å². The molecule has 0 atom stereocenters. The Kier molecular flexibility index (Phi) is 6.91. The first-order valence-electron chi connectivity index (χ1n) is 11.3. The Hall–Kier alpha value is -1.70. The lowest BCUT2D eigenvalue weighted by molar-refractivity contribution is 0.0886. The second-order valence-electron chi connectivity index (χ2n) is 8.61. The lowest BCUT2D eigenvalue weighted by Gasteiger charge is -2.40. The molecule has 0 amide bonds. The van der Waals surface area contributed by atoms with E-state index in [9.17, 15) is 8.42 Å². The fourth-order valence-electron chi connectivity index (χ4n) is 4.79. The first-order chi connectivity index (χ1) is 14.6. The molecule has 2 fully saturated rings. The SMILES string of the molecule is CCS(=O)(=O)c1ncc(CN2CCC(N3CCCCC3)CC2)n1Cc1ccccc1. The van der Waals surface area contributed by atoms with Gasteiger partial charge in [0.1, 0.15) is 0 Å². The van der Waals surface area contributed by atoms with Crippen LogP contribution in [0.5, 0.6) is 0 Å². The molecule has 2 saturated heterocycles. The summed E-state index contributed by atoms with van der Waals surface area (Å²) < 4.78 is 27.2. The molecule has 4 rings (SSSR count). The van der Waals surface area contributed by atoms with E-state index >= 15 is 0 Å². The zero-order chi connectivity index (χ0) is 21.0. The molecule has 6 nitrogen and oxygen atoms in total. The molecule has 2 aliphatic rings. The first kappa shape index (κ1) is 21.5. The summed E-state index contributed by atoms with van der Waals surface area (Å²) in [4.78, 5) is 9.50. The topological polar surface area (TPSA) is 58.4 Å². The minimum Gasteiger partial charge on any atom is -0.313 e. The van der Waals surface area contributed by atoms with Gasteiger partial charge < -0.3 is 9.47 Å². The summed E-state index contributed by atoms with van der Waals surface area (Å²) in [5.41, 5.74) is 2.08. The highest BCUT2D eigenvalue weighted by Crippen LogP contribution is 2.23. The molecule has 7 heteroatoms. The number of piperidine rings is 2. The van der Waals surface area contributed by atoms with Crippen LogP contribution in [-0.4, -0.2) is 65.7 Å². The average molecular weight is 431 g/mol. The molecule has 164 valence electrons. The smallest absolute Gasteiger partial charge is 0.228 e. The Morgan fingerprint density at radius 2 is 1.67 bits per heavy atom. The normalized spacial score (nSPS) is 19.9. The van der Waals surface area contributed by atoms with Crippen molar-refractivity contribution in [2.45, 2.75) is 63.3 Å². The Morgan fingerprint density at radius 3 is 2.33 bits per heavy atom. The molecule has 0 aliphatic carbocycles. The van der Waals surface area contributed by atoms with Gasteiger partial charge in [-0.2, -0.15) is 0 Å². The van der Waals surface area contributed by atoms with Crippen LogP contribution in [0.4, 0.5) is 0 Å². The molecule has 1 aromatic heterocycles. The molecule has 0 bridgehead atoms. The van der Waals surface area contributed by atoms with Crippen molar-refractivity contribution in [2.24, 2.45) is 0 Å². The van der Waals surface area contributed by atoms with Crippen molar-refractivity contribution >= 4 is 9.84 Å². The van der Waals surface area contributed by atoms with Crippen LogP contribution in [-0.2, 0) is 22.9 Å². The second kappa shape index (κ2) is 9.62. The number of sulfone groups is 1. The molecule has 1 aromatic carbocycles. The zero-order valence-electron chi connectivity index (χ0n) is 18.0. The largest absolute Gasteiger partial charge is 0.313 e. The van der Waals surface area contributed by atoms with Gasteiger partial charge in [0, 0.05) is 25.7 Å². The van der Waals surface area contributed by atoms with Crippen LogP contribution in [0, 0.1) is 0 Å². The third kappa shape index (κ3) is 4.95. The number of rotatable bonds is 7. The molecule has 0 saturated carbocycles. The van der Waals surface area contributed by atoms with Crippen molar-refractivity contribution < 1.29 is 8.42 Å². The predicted molar refractivity (Wildman–Crippen MR) is 119 cm³/mol. The van der Waals surface area contributed by atoms with Crippen molar-refractivity contribution in [3.63, 3.8) is 0 Å². The Morgan fingerprint density at radius 1 is 0.967 bits per heavy atom. The summed E-state index contributed by atoms with van der Waals surface area (Å²) in [7, 11) is -3.37. The maximum atomic E-state index is 12.6. The lowest BCUT2D eigenvalue weighted by Crippen LogP contribution is -2.46. The van der Waals surface area contributed by atoms with E-state index in [4.69, 9.17) is 0 Å². The van der Waals surface area contributed by atoms with Gasteiger partial charge in [-0.15, -0.1) is 0 Å². The number of aromatic nitrogens is 2. The summed E-state index contributed by atoms with van der Waals surface area (Å²) in [6, 6.07) is 10.8. The van der Waals surface area contributed by atoms with E-state index in [0.29, 0.717) is 12.6 Å². The quantitative estimate of drug-likeness (QED) is 0.675. The predicted octanol–water partition coefficient (Wildman–Crippen LogP) is 3.18. The van der Waals surface area contributed by atoms with Crippen molar-refractivity contribution in [1.82, 2.24) is 19.4 Å². The molecule has 0 unspecified atom stereocenters. The van der Waals surface area contributed by atoms with Gasteiger partial charge in [-0.3, -0.25) is 4.90 Å². The van der Waals surface area contributed by atoms with Gasteiger partial charge in [0.25, 0.3) is 0 Å². The van der Waals surface area contributed by atoms with E-state index < -0.39 is 9.84 Å². The Bertz CT molecular complexity index is 912. The number of hydrogen-bond donors (Lipinski definition) is 0. The number of likely N-dealkylation sites (tertiary alicyclic amines) is 2. The van der Waals surface area contributed by atoms with Crippen LogP contribution >= 0.6 is 0 Å². The van der Waals surface area contributed by atoms with Crippen LogP contribution in [0.2, 0.25) is 0 Å². The monoisotopic (exact) mass is 430 g/mol. The number of imidazole rings is 1. The highest BCUT2D eigenvalue weighted by molar-refractivity contribution is 7.91. The Balaban J connectivity index is 1.47. The summed E-state index contributed by atoms with van der Waals surface area (Å²) in [6.07, 6.45) is 8.23. The summed E-state index contributed by atoms with van der Waals surface area (Å²) in [6.45, 7) is 7.61.